The van der Waals surface area contributed by atoms with Gasteiger partial charge in [0.2, 0.25) is 11.8 Å². The van der Waals surface area contributed by atoms with Crippen molar-refractivity contribution in [2.24, 2.45) is 0 Å². The van der Waals surface area contributed by atoms with Crippen LogP contribution in [0.15, 0.2) is 71.6 Å². The number of hydrogen-bond acceptors (Lipinski definition) is 4. The fourth-order valence-electron chi connectivity index (χ4n) is 5.01. The van der Waals surface area contributed by atoms with E-state index in [1.54, 1.807) is 67.6 Å². The van der Waals surface area contributed by atoms with Crippen LogP contribution in [0.25, 0.3) is 0 Å². The number of carbonyl (C=O) groups excluding carboxylic acids is 2. The Hall–Kier alpha value is -3.36. The van der Waals surface area contributed by atoms with Crippen LogP contribution in [0.3, 0.4) is 0 Å². The van der Waals surface area contributed by atoms with Gasteiger partial charge in [-0.1, -0.05) is 60.3 Å². The molecule has 1 aliphatic carbocycles. The minimum Gasteiger partial charge on any atom is -0.352 e. The summed E-state index contributed by atoms with van der Waals surface area (Å²) in [6.45, 7) is 7.08. The lowest BCUT2D eigenvalue weighted by molar-refractivity contribution is -0.139. The maximum absolute atomic E-state index is 14.1. The van der Waals surface area contributed by atoms with Gasteiger partial charge in [0, 0.05) is 17.6 Å². The van der Waals surface area contributed by atoms with Crippen LogP contribution in [0.2, 0.25) is 5.02 Å². The first-order valence-corrected chi connectivity index (χ1v) is 15.8. The molecule has 218 valence electrons. The number of nitrogens with zero attached hydrogens (tertiary/aromatic N) is 2. The van der Waals surface area contributed by atoms with Gasteiger partial charge in [-0.2, -0.15) is 0 Å². The molecule has 9 heteroatoms. The molecule has 1 saturated carbocycles. The Bertz CT molecular complexity index is 1480. The Morgan fingerprint density at radius 1 is 0.927 bits per heavy atom. The Morgan fingerprint density at radius 3 is 2.17 bits per heavy atom. The van der Waals surface area contributed by atoms with Gasteiger partial charge in [-0.05, 0) is 93.6 Å². The molecule has 0 spiro atoms. The standard InChI is InChI=1S/C32H38ClN3O4S/c1-22-9-17-30(18-10-22)41(39,40)36(29-16-11-23(2)24(3)19-29)21-31(37)35(20-26-12-14-27(33)15-13-26)25(4)32(38)34-28-7-5-6-8-28/h9-19,25,28H,5-8,20-21H2,1-4H3,(H,34,38). The third kappa shape index (κ3) is 7.49. The Balaban J connectivity index is 1.70. The smallest absolute Gasteiger partial charge is 0.264 e. The molecule has 41 heavy (non-hydrogen) atoms. The largest absolute Gasteiger partial charge is 0.352 e. The Labute approximate surface area is 248 Å². The van der Waals surface area contributed by atoms with Gasteiger partial charge >= 0.3 is 0 Å². The highest BCUT2D eigenvalue weighted by atomic mass is 35.5. The van der Waals surface area contributed by atoms with Crippen LogP contribution in [0.1, 0.15) is 54.9 Å². The summed E-state index contributed by atoms with van der Waals surface area (Å²) in [5.74, 6) is -0.735. The van der Waals surface area contributed by atoms with E-state index >= 15 is 0 Å². The van der Waals surface area contributed by atoms with Crippen LogP contribution >= 0.6 is 11.6 Å². The lowest BCUT2D eigenvalue weighted by Gasteiger charge is -2.32. The zero-order valence-corrected chi connectivity index (χ0v) is 25.6. The lowest BCUT2D eigenvalue weighted by Crippen LogP contribution is -2.52. The summed E-state index contributed by atoms with van der Waals surface area (Å²) in [4.78, 5) is 28.9. The van der Waals surface area contributed by atoms with Crippen molar-refractivity contribution in [1.29, 1.82) is 0 Å². The Morgan fingerprint density at radius 2 is 1.56 bits per heavy atom. The highest BCUT2D eigenvalue weighted by Gasteiger charge is 2.33. The molecule has 2 amide bonds. The molecule has 1 fully saturated rings. The van der Waals surface area contributed by atoms with Crippen molar-refractivity contribution in [3.05, 3.63) is 94.0 Å². The molecule has 1 aliphatic rings. The molecule has 0 heterocycles. The molecule has 0 saturated heterocycles. The van der Waals surface area contributed by atoms with Crippen LogP contribution in [-0.2, 0) is 26.2 Å². The number of aryl methyl sites for hydroxylation is 3. The van der Waals surface area contributed by atoms with Gasteiger partial charge in [-0.15, -0.1) is 0 Å². The summed E-state index contributed by atoms with van der Waals surface area (Å²) < 4.78 is 29.1. The van der Waals surface area contributed by atoms with E-state index in [0.29, 0.717) is 10.7 Å². The molecular weight excluding hydrogens is 558 g/mol. The summed E-state index contributed by atoms with van der Waals surface area (Å²) in [5.41, 5.74) is 4.00. The number of halogens is 1. The van der Waals surface area contributed by atoms with E-state index in [2.05, 4.69) is 5.32 Å². The third-order valence-electron chi connectivity index (χ3n) is 7.80. The number of rotatable bonds is 10. The molecule has 4 rings (SSSR count). The van der Waals surface area contributed by atoms with E-state index in [4.69, 9.17) is 11.6 Å². The van der Waals surface area contributed by atoms with E-state index in [0.717, 1.165) is 52.2 Å². The second-order valence-electron chi connectivity index (χ2n) is 10.9. The van der Waals surface area contributed by atoms with E-state index in [9.17, 15) is 18.0 Å². The number of benzene rings is 3. The van der Waals surface area contributed by atoms with Crippen molar-refractivity contribution in [3.8, 4) is 0 Å². The molecule has 0 aromatic heterocycles. The number of sulfonamides is 1. The second-order valence-corrected chi connectivity index (χ2v) is 13.2. The van der Waals surface area contributed by atoms with Gasteiger partial charge in [0.1, 0.15) is 12.6 Å². The van der Waals surface area contributed by atoms with Crippen molar-refractivity contribution < 1.29 is 18.0 Å². The molecule has 7 nitrogen and oxygen atoms in total. The molecule has 1 unspecified atom stereocenters. The summed E-state index contributed by atoms with van der Waals surface area (Å²) in [5, 5.41) is 3.64. The maximum atomic E-state index is 14.1. The van der Waals surface area contributed by atoms with E-state index in [1.807, 2.05) is 26.8 Å². The van der Waals surface area contributed by atoms with Crippen LogP contribution in [0.5, 0.6) is 0 Å². The monoisotopic (exact) mass is 595 g/mol. The van der Waals surface area contributed by atoms with Gasteiger partial charge in [0.15, 0.2) is 0 Å². The van der Waals surface area contributed by atoms with Gasteiger partial charge in [0.05, 0.1) is 10.6 Å². The number of nitrogens with one attached hydrogen (secondary N) is 1. The predicted octanol–water partition coefficient (Wildman–Crippen LogP) is 5.94. The first kappa shape index (κ1) is 30.6. The number of amides is 2. The van der Waals surface area contributed by atoms with Crippen molar-refractivity contribution in [1.82, 2.24) is 10.2 Å². The van der Waals surface area contributed by atoms with Crippen molar-refractivity contribution >= 4 is 39.1 Å². The molecule has 0 aliphatic heterocycles. The topological polar surface area (TPSA) is 86.8 Å². The first-order valence-electron chi connectivity index (χ1n) is 14.0. The molecule has 0 radical (unpaired) electrons. The number of carbonyl (C=O) groups is 2. The van der Waals surface area contributed by atoms with Gasteiger partial charge in [0.25, 0.3) is 10.0 Å². The first-order chi connectivity index (χ1) is 19.5. The highest BCUT2D eigenvalue weighted by molar-refractivity contribution is 7.92. The molecule has 3 aromatic carbocycles. The summed E-state index contributed by atoms with van der Waals surface area (Å²) in [7, 11) is -4.10. The quantitative estimate of drug-likeness (QED) is 0.314. The third-order valence-corrected chi connectivity index (χ3v) is 9.84. The number of anilines is 1. The second kappa shape index (κ2) is 13.1. The average molecular weight is 596 g/mol. The zero-order chi connectivity index (χ0) is 29.7. The molecule has 1 N–H and O–H groups in total. The van der Waals surface area contributed by atoms with E-state index < -0.39 is 28.5 Å². The van der Waals surface area contributed by atoms with E-state index in [1.165, 1.54) is 4.90 Å². The van der Waals surface area contributed by atoms with Crippen LogP contribution in [-0.4, -0.2) is 43.8 Å². The van der Waals surface area contributed by atoms with Crippen molar-refractivity contribution in [3.63, 3.8) is 0 Å². The van der Waals surface area contributed by atoms with Gasteiger partial charge in [-0.3, -0.25) is 13.9 Å². The normalized spacial score (nSPS) is 14.5. The van der Waals surface area contributed by atoms with Crippen LogP contribution in [0, 0.1) is 20.8 Å². The molecule has 0 bridgehead atoms. The maximum Gasteiger partial charge on any atom is 0.264 e. The van der Waals surface area contributed by atoms with E-state index in [-0.39, 0.29) is 23.4 Å². The number of hydrogen-bond donors (Lipinski definition) is 1. The average Bonchev–Trinajstić information content (AvgIpc) is 3.45. The van der Waals surface area contributed by atoms with Crippen molar-refractivity contribution in [2.45, 2.75) is 76.9 Å². The zero-order valence-electron chi connectivity index (χ0n) is 24.1. The molecule has 3 aromatic rings. The predicted molar refractivity (Wildman–Crippen MR) is 163 cm³/mol. The fourth-order valence-corrected chi connectivity index (χ4v) is 6.54. The van der Waals surface area contributed by atoms with Crippen molar-refractivity contribution in [2.75, 3.05) is 10.8 Å². The summed E-state index contributed by atoms with van der Waals surface area (Å²) >= 11 is 6.08. The fraction of sp³-hybridized carbons (Fsp3) is 0.375. The van der Waals surface area contributed by atoms with Gasteiger partial charge < -0.3 is 10.2 Å². The summed E-state index contributed by atoms with van der Waals surface area (Å²) in [6.07, 6.45) is 3.96. The van der Waals surface area contributed by atoms with Crippen LogP contribution in [0.4, 0.5) is 5.69 Å². The van der Waals surface area contributed by atoms with Gasteiger partial charge in [-0.25, -0.2) is 8.42 Å². The highest BCUT2D eigenvalue weighted by Crippen LogP contribution is 2.27. The minimum absolute atomic E-state index is 0.0883. The molecule has 1 atom stereocenters. The molecular formula is C32H38ClN3O4S. The minimum atomic E-state index is -4.10. The van der Waals surface area contributed by atoms with Crippen LogP contribution < -0.4 is 9.62 Å². The lowest BCUT2D eigenvalue weighted by atomic mass is 10.1. The SMILES string of the molecule is Cc1ccc(S(=O)(=O)N(CC(=O)N(Cc2ccc(Cl)cc2)C(C)C(=O)NC2CCCC2)c2ccc(C)c(C)c2)cc1. The Kier molecular flexibility index (Phi) is 9.76. The summed E-state index contributed by atoms with van der Waals surface area (Å²) in [6, 6.07) is 18.2.